The van der Waals surface area contributed by atoms with Gasteiger partial charge in [0.25, 0.3) is 0 Å². The molecule has 0 fully saturated rings. The SMILES string of the molecule is COc1ccc2c(c1)C(O)(CN)CCCN2C(C)=O. The third-order valence-electron chi connectivity index (χ3n) is 3.69. The van der Waals surface area contributed by atoms with Crippen LogP contribution in [0.3, 0.4) is 0 Å². The highest BCUT2D eigenvalue weighted by Crippen LogP contribution is 2.39. The summed E-state index contributed by atoms with van der Waals surface area (Å²) in [6.07, 6.45) is 1.25. The molecular weight excluding hydrogens is 244 g/mol. The molecule has 1 aliphatic rings. The van der Waals surface area contributed by atoms with Gasteiger partial charge in [0, 0.05) is 31.3 Å². The van der Waals surface area contributed by atoms with Crippen molar-refractivity contribution in [2.24, 2.45) is 5.73 Å². The topological polar surface area (TPSA) is 75.8 Å². The van der Waals surface area contributed by atoms with Crippen LogP contribution >= 0.6 is 0 Å². The maximum absolute atomic E-state index is 11.7. The van der Waals surface area contributed by atoms with Crippen LogP contribution in [0, 0.1) is 0 Å². The first-order valence-electron chi connectivity index (χ1n) is 6.41. The number of carbonyl (C=O) groups is 1. The molecule has 1 aromatic rings. The van der Waals surface area contributed by atoms with Gasteiger partial charge in [0.15, 0.2) is 0 Å². The van der Waals surface area contributed by atoms with Gasteiger partial charge in [-0.15, -0.1) is 0 Å². The third-order valence-corrected chi connectivity index (χ3v) is 3.69. The van der Waals surface area contributed by atoms with Crippen molar-refractivity contribution >= 4 is 11.6 Å². The molecule has 1 aliphatic heterocycles. The summed E-state index contributed by atoms with van der Waals surface area (Å²) in [6.45, 7) is 2.25. The summed E-state index contributed by atoms with van der Waals surface area (Å²) < 4.78 is 5.20. The first-order valence-corrected chi connectivity index (χ1v) is 6.41. The van der Waals surface area contributed by atoms with Crippen LogP contribution in [0.1, 0.15) is 25.3 Å². The Balaban J connectivity index is 2.60. The van der Waals surface area contributed by atoms with Crippen molar-refractivity contribution in [1.82, 2.24) is 0 Å². The van der Waals surface area contributed by atoms with Gasteiger partial charge in [0.2, 0.25) is 5.91 Å². The number of rotatable bonds is 2. The highest BCUT2D eigenvalue weighted by atomic mass is 16.5. The zero-order chi connectivity index (χ0) is 14.0. The van der Waals surface area contributed by atoms with Crippen LogP contribution in [0.25, 0.3) is 0 Å². The molecule has 5 heteroatoms. The molecule has 1 atom stereocenters. The fourth-order valence-corrected chi connectivity index (χ4v) is 2.57. The molecule has 1 aromatic carbocycles. The zero-order valence-electron chi connectivity index (χ0n) is 11.3. The first kappa shape index (κ1) is 13.8. The molecule has 0 saturated heterocycles. The van der Waals surface area contributed by atoms with Crippen LogP contribution in [0.15, 0.2) is 18.2 Å². The van der Waals surface area contributed by atoms with Gasteiger partial charge in [-0.3, -0.25) is 4.79 Å². The molecule has 19 heavy (non-hydrogen) atoms. The van der Waals surface area contributed by atoms with Crippen LogP contribution in [-0.4, -0.2) is 31.2 Å². The highest BCUT2D eigenvalue weighted by Gasteiger charge is 2.35. The maximum Gasteiger partial charge on any atom is 0.223 e. The second kappa shape index (κ2) is 5.19. The minimum Gasteiger partial charge on any atom is -0.497 e. The lowest BCUT2D eigenvalue weighted by molar-refractivity contribution is -0.116. The number of nitrogens with zero attached hydrogens (tertiary/aromatic N) is 1. The quantitative estimate of drug-likeness (QED) is 0.835. The fraction of sp³-hybridized carbons (Fsp3) is 0.500. The molecule has 0 bridgehead atoms. The second-order valence-electron chi connectivity index (χ2n) is 4.89. The Morgan fingerprint density at radius 1 is 1.58 bits per heavy atom. The number of nitrogens with two attached hydrogens (primary N) is 1. The minimum absolute atomic E-state index is 0.0345. The average Bonchev–Trinajstić information content (AvgIpc) is 2.56. The summed E-state index contributed by atoms with van der Waals surface area (Å²) in [7, 11) is 1.57. The summed E-state index contributed by atoms with van der Waals surface area (Å²) in [6, 6.07) is 5.36. The number of benzene rings is 1. The summed E-state index contributed by atoms with van der Waals surface area (Å²) in [5.74, 6) is 0.615. The molecule has 0 radical (unpaired) electrons. The van der Waals surface area contributed by atoms with Gasteiger partial charge in [-0.05, 0) is 31.0 Å². The van der Waals surface area contributed by atoms with Crippen LogP contribution in [0.5, 0.6) is 5.75 Å². The van der Waals surface area contributed by atoms with Crippen molar-refractivity contribution in [2.45, 2.75) is 25.4 Å². The van der Waals surface area contributed by atoms with Crippen molar-refractivity contribution in [3.8, 4) is 5.75 Å². The van der Waals surface area contributed by atoms with E-state index in [-0.39, 0.29) is 12.5 Å². The lowest BCUT2D eigenvalue weighted by Gasteiger charge is -2.28. The molecule has 0 saturated carbocycles. The Labute approximate surface area is 113 Å². The largest absolute Gasteiger partial charge is 0.497 e. The number of amides is 1. The maximum atomic E-state index is 11.7. The molecule has 1 unspecified atom stereocenters. The molecule has 3 N–H and O–H groups in total. The van der Waals surface area contributed by atoms with E-state index in [1.54, 1.807) is 24.1 Å². The monoisotopic (exact) mass is 264 g/mol. The van der Waals surface area contributed by atoms with E-state index in [1.165, 1.54) is 6.92 Å². The average molecular weight is 264 g/mol. The van der Waals surface area contributed by atoms with Gasteiger partial charge in [-0.2, -0.15) is 0 Å². The van der Waals surface area contributed by atoms with Crippen molar-refractivity contribution in [2.75, 3.05) is 25.1 Å². The van der Waals surface area contributed by atoms with E-state index in [9.17, 15) is 9.90 Å². The normalized spacial score (nSPS) is 22.6. The Morgan fingerprint density at radius 3 is 2.89 bits per heavy atom. The lowest BCUT2D eigenvalue weighted by Crippen LogP contribution is -2.35. The lowest BCUT2D eigenvalue weighted by atomic mass is 9.89. The zero-order valence-corrected chi connectivity index (χ0v) is 11.3. The Kier molecular flexibility index (Phi) is 3.78. The van der Waals surface area contributed by atoms with E-state index < -0.39 is 5.60 Å². The van der Waals surface area contributed by atoms with E-state index in [4.69, 9.17) is 10.5 Å². The summed E-state index contributed by atoms with van der Waals surface area (Å²) in [5, 5.41) is 10.7. The van der Waals surface area contributed by atoms with E-state index in [1.807, 2.05) is 6.07 Å². The number of carbonyl (C=O) groups excluding carboxylic acids is 1. The van der Waals surface area contributed by atoms with Crippen molar-refractivity contribution in [1.29, 1.82) is 0 Å². The van der Waals surface area contributed by atoms with Crippen LogP contribution < -0.4 is 15.4 Å². The van der Waals surface area contributed by atoms with Crippen LogP contribution in [-0.2, 0) is 10.4 Å². The standard InChI is InChI=1S/C14H20N2O3/c1-10(17)16-7-3-6-14(18,9-15)12-8-11(19-2)4-5-13(12)16/h4-5,8,18H,3,6-7,9,15H2,1-2H3. The third kappa shape index (κ3) is 2.43. The molecule has 0 aromatic heterocycles. The van der Waals surface area contributed by atoms with E-state index in [0.717, 1.165) is 5.69 Å². The smallest absolute Gasteiger partial charge is 0.223 e. The predicted molar refractivity (Wildman–Crippen MR) is 73.2 cm³/mol. The van der Waals surface area contributed by atoms with E-state index in [0.29, 0.717) is 30.7 Å². The van der Waals surface area contributed by atoms with Gasteiger partial charge in [0.1, 0.15) is 11.4 Å². The number of methoxy groups -OCH3 is 1. The Morgan fingerprint density at radius 2 is 2.32 bits per heavy atom. The van der Waals surface area contributed by atoms with Gasteiger partial charge in [-0.1, -0.05) is 0 Å². The predicted octanol–water partition coefficient (Wildman–Crippen LogP) is 0.988. The number of anilines is 1. The highest BCUT2D eigenvalue weighted by molar-refractivity contribution is 5.92. The second-order valence-corrected chi connectivity index (χ2v) is 4.89. The summed E-state index contributed by atoms with van der Waals surface area (Å²) in [4.78, 5) is 13.4. The molecule has 0 spiro atoms. The van der Waals surface area contributed by atoms with Gasteiger partial charge >= 0.3 is 0 Å². The van der Waals surface area contributed by atoms with Crippen molar-refractivity contribution < 1.29 is 14.6 Å². The van der Waals surface area contributed by atoms with Crippen LogP contribution in [0.2, 0.25) is 0 Å². The van der Waals surface area contributed by atoms with Crippen molar-refractivity contribution in [3.63, 3.8) is 0 Å². The van der Waals surface area contributed by atoms with Gasteiger partial charge in [0.05, 0.1) is 7.11 Å². The number of fused-ring (bicyclic) bond motifs is 1. The molecular formula is C14H20N2O3. The first-order chi connectivity index (χ1) is 9.01. The van der Waals surface area contributed by atoms with Gasteiger partial charge < -0.3 is 20.5 Å². The molecule has 1 amide bonds. The van der Waals surface area contributed by atoms with E-state index in [2.05, 4.69) is 0 Å². The Hall–Kier alpha value is -1.59. The number of ether oxygens (including phenoxy) is 1. The fourth-order valence-electron chi connectivity index (χ4n) is 2.57. The molecule has 1 heterocycles. The van der Waals surface area contributed by atoms with E-state index >= 15 is 0 Å². The minimum atomic E-state index is -1.10. The molecule has 0 aliphatic carbocycles. The van der Waals surface area contributed by atoms with Crippen molar-refractivity contribution in [3.05, 3.63) is 23.8 Å². The number of aliphatic hydroxyl groups is 1. The molecule has 2 rings (SSSR count). The molecule has 5 nitrogen and oxygen atoms in total. The van der Waals surface area contributed by atoms with Gasteiger partial charge in [-0.25, -0.2) is 0 Å². The summed E-state index contributed by atoms with van der Waals surface area (Å²) >= 11 is 0. The Bertz CT molecular complexity index is 490. The summed E-state index contributed by atoms with van der Waals surface area (Å²) in [5.41, 5.74) is 6.03. The number of hydrogen-bond donors (Lipinski definition) is 2. The number of hydrogen-bond acceptors (Lipinski definition) is 4. The van der Waals surface area contributed by atoms with Crippen LogP contribution in [0.4, 0.5) is 5.69 Å². The molecule has 104 valence electrons.